The van der Waals surface area contributed by atoms with Gasteiger partial charge in [-0.2, -0.15) is 0 Å². The molecule has 1 aliphatic heterocycles. The summed E-state index contributed by atoms with van der Waals surface area (Å²) in [7, 11) is 1.57. The molecule has 0 saturated carbocycles. The molecule has 1 aromatic carbocycles. The number of halogens is 1. The minimum absolute atomic E-state index is 0.164. The number of rotatable bonds is 5. The normalized spacial score (nSPS) is 19.1. The summed E-state index contributed by atoms with van der Waals surface area (Å²) < 4.78 is 5.88. The van der Waals surface area contributed by atoms with Crippen LogP contribution in [0.2, 0.25) is 0 Å². The third-order valence-electron chi connectivity index (χ3n) is 3.65. The molecule has 1 saturated heterocycles. The van der Waals surface area contributed by atoms with Crippen molar-refractivity contribution in [3.8, 4) is 11.5 Å². The van der Waals surface area contributed by atoms with Crippen LogP contribution in [0.1, 0.15) is 18.9 Å². The van der Waals surface area contributed by atoms with Gasteiger partial charge in [-0.15, -0.1) is 0 Å². The van der Waals surface area contributed by atoms with Crippen molar-refractivity contribution in [3.05, 3.63) is 22.2 Å². The number of aromatic hydroxyl groups is 1. The van der Waals surface area contributed by atoms with Gasteiger partial charge < -0.3 is 15.2 Å². The Bertz CT molecular complexity index is 434. The maximum Gasteiger partial charge on any atom is 0.172 e. The van der Waals surface area contributed by atoms with E-state index in [-0.39, 0.29) is 5.75 Å². The van der Waals surface area contributed by atoms with Crippen LogP contribution in [0.3, 0.4) is 0 Å². The standard InChI is InChI=1S/C14H21BrN2O2/c1-3-17(11-4-5-16-8-11)9-10-6-12(15)14(18)13(7-10)19-2/h6-7,11,16,18H,3-5,8-9H2,1-2H3. The van der Waals surface area contributed by atoms with E-state index in [0.29, 0.717) is 16.3 Å². The fraction of sp³-hybridized carbons (Fsp3) is 0.571. The third-order valence-corrected chi connectivity index (χ3v) is 4.26. The van der Waals surface area contributed by atoms with Gasteiger partial charge in [-0.25, -0.2) is 0 Å². The molecule has 106 valence electrons. The second-order valence-electron chi connectivity index (χ2n) is 4.84. The first-order valence-corrected chi connectivity index (χ1v) is 7.45. The maximum absolute atomic E-state index is 9.83. The van der Waals surface area contributed by atoms with E-state index in [2.05, 4.69) is 33.1 Å². The van der Waals surface area contributed by atoms with Gasteiger partial charge in [0.1, 0.15) is 0 Å². The molecule has 1 unspecified atom stereocenters. The molecule has 1 fully saturated rings. The van der Waals surface area contributed by atoms with Crippen LogP contribution in [0, 0.1) is 0 Å². The fourth-order valence-electron chi connectivity index (χ4n) is 2.56. The van der Waals surface area contributed by atoms with Crippen LogP contribution in [0.4, 0.5) is 0 Å². The van der Waals surface area contributed by atoms with Crippen molar-refractivity contribution in [2.24, 2.45) is 0 Å². The van der Waals surface area contributed by atoms with Crippen LogP contribution in [-0.2, 0) is 6.54 Å². The van der Waals surface area contributed by atoms with Gasteiger partial charge in [0.15, 0.2) is 11.5 Å². The first-order valence-electron chi connectivity index (χ1n) is 6.65. The lowest BCUT2D eigenvalue weighted by Crippen LogP contribution is -2.36. The Morgan fingerprint density at radius 2 is 2.32 bits per heavy atom. The number of hydrogen-bond acceptors (Lipinski definition) is 4. The highest BCUT2D eigenvalue weighted by atomic mass is 79.9. The van der Waals surface area contributed by atoms with E-state index in [4.69, 9.17) is 4.74 Å². The molecule has 1 aliphatic rings. The molecule has 1 aromatic rings. The van der Waals surface area contributed by atoms with E-state index in [1.165, 1.54) is 6.42 Å². The molecule has 0 amide bonds. The average Bonchev–Trinajstić information content (AvgIpc) is 2.93. The number of hydrogen-bond donors (Lipinski definition) is 2. The average molecular weight is 329 g/mol. The zero-order valence-corrected chi connectivity index (χ0v) is 13.0. The molecule has 19 heavy (non-hydrogen) atoms. The Morgan fingerprint density at radius 3 is 2.89 bits per heavy atom. The van der Waals surface area contributed by atoms with Crippen molar-refractivity contribution >= 4 is 15.9 Å². The fourth-order valence-corrected chi connectivity index (χ4v) is 3.05. The molecule has 1 heterocycles. The Hall–Kier alpha value is -0.780. The molecule has 0 spiro atoms. The minimum atomic E-state index is 0.164. The van der Waals surface area contributed by atoms with Crippen molar-refractivity contribution in [1.82, 2.24) is 10.2 Å². The molecular formula is C14H21BrN2O2. The van der Waals surface area contributed by atoms with Gasteiger partial charge >= 0.3 is 0 Å². The zero-order valence-electron chi connectivity index (χ0n) is 11.4. The Labute approximate surface area is 122 Å². The molecule has 2 N–H and O–H groups in total. The largest absolute Gasteiger partial charge is 0.503 e. The van der Waals surface area contributed by atoms with Crippen molar-refractivity contribution in [3.63, 3.8) is 0 Å². The molecule has 4 nitrogen and oxygen atoms in total. The van der Waals surface area contributed by atoms with E-state index >= 15 is 0 Å². The SMILES string of the molecule is CCN(Cc1cc(Br)c(O)c(OC)c1)C1CCNC1. The number of phenolic OH excluding ortho intramolecular Hbond substituents is 1. The number of phenols is 1. The maximum atomic E-state index is 9.83. The first kappa shape index (κ1) is 14.6. The molecule has 0 bridgehead atoms. The Kier molecular flexibility index (Phi) is 5.07. The van der Waals surface area contributed by atoms with Gasteiger partial charge in [0.2, 0.25) is 0 Å². The monoisotopic (exact) mass is 328 g/mol. The summed E-state index contributed by atoms with van der Waals surface area (Å²) in [6.45, 7) is 6.24. The van der Waals surface area contributed by atoms with Crippen molar-refractivity contribution in [2.75, 3.05) is 26.7 Å². The quantitative estimate of drug-likeness (QED) is 0.870. The summed E-state index contributed by atoms with van der Waals surface area (Å²) in [5.41, 5.74) is 1.15. The predicted molar refractivity (Wildman–Crippen MR) is 79.7 cm³/mol. The van der Waals surface area contributed by atoms with Crippen LogP contribution < -0.4 is 10.1 Å². The van der Waals surface area contributed by atoms with Crippen molar-refractivity contribution in [1.29, 1.82) is 0 Å². The van der Waals surface area contributed by atoms with Gasteiger partial charge in [0, 0.05) is 19.1 Å². The molecule has 0 radical (unpaired) electrons. The molecule has 0 aromatic heterocycles. The lowest BCUT2D eigenvalue weighted by Gasteiger charge is -2.27. The molecule has 0 aliphatic carbocycles. The van der Waals surface area contributed by atoms with Crippen LogP contribution >= 0.6 is 15.9 Å². The van der Waals surface area contributed by atoms with Gasteiger partial charge in [-0.3, -0.25) is 4.90 Å². The summed E-state index contributed by atoms with van der Waals surface area (Å²) in [4.78, 5) is 2.46. The van der Waals surface area contributed by atoms with Crippen LogP contribution in [0.15, 0.2) is 16.6 Å². The zero-order chi connectivity index (χ0) is 13.8. The van der Waals surface area contributed by atoms with E-state index in [1.54, 1.807) is 7.11 Å². The van der Waals surface area contributed by atoms with E-state index in [9.17, 15) is 5.11 Å². The summed E-state index contributed by atoms with van der Waals surface area (Å²) in [5.74, 6) is 0.682. The summed E-state index contributed by atoms with van der Waals surface area (Å²) in [6, 6.07) is 4.47. The number of methoxy groups -OCH3 is 1. The highest BCUT2D eigenvalue weighted by Crippen LogP contribution is 2.35. The number of likely N-dealkylation sites (N-methyl/N-ethyl adjacent to an activating group) is 1. The predicted octanol–water partition coefficient (Wildman–Crippen LogP) is 2.35. The number of nitrogens with zero attached hydrogens (tertiary/aromatic N) is 1. The second kappa shape index (κ2) is 6.59. The lowest BCUT2D eigenvalue weighted by atomic mass is 10.1. The number of benzene rings is 1. The highest BCUT2D eigenvalue weighted by molar-refractivity contribution is 9.10. The van der Waals surface area contributed by atoms with E-state index < -0.39 is 0 Å². The van der Waals surface area contributed by atoms with E-state index in [0.717, 1.165) is 31.7 Å². The minimum Gasteiger partial charge on any atom is -0.503 e. The summed E-state index contributed by atoms with van der Waals surface area (Å²) in [5, 5.41) is 13.2. The molecule has 2 rings (SSSR count). The summed E-state index contributed by atoms with van der Waals surface area (Å²) >= 11 is 3.37. The Balaban J connectivity index is 2.14. The van der Waals surface area contributed by atoms with Crippen molar-refractivity contribution in [2.45, 2.75) is 25.9 Å². The second-order valence-corrected chi connectivity index (χ2v) is 5.69. The van der Waals surface area contributed by atoms with Crippen LogP contribution in [-0.4, -0.2) is 42.8 Å². The number of ether oxygens (including phenoxy) is 1. The van der Waals surface area contributed by atoms with Gasteiger partial charge in [0.05, 0.1) is 11.6 Å². The first-order chi connectivity index (χ1) is 9.15. The molecular weight excluding hydrogens is 308 g/mol. The Morgan fingerprint density at radius 1 is 1.53 bits per heavy atom. The van der Waals surface area contributed by atoms with E-state index in [1.807, 2.05) is 12.1 Å². The number of nitrogens with one attached hydrogen (secondary N) is 1. The van der Waals surface area contributed by atoms with Gasteiger partial charge in [0.25, 0.3) is 0 Å². The summed E-state index contributed by atoms with van der Waals surface area (Å²) in [6.07, 6.45) is 1.20. The smallest absolute Gasteiger partial charge is 0.172 e. The molecule has 5 heteroatoms. The van der Waals surface area contributed by atoms with Crippen molar-refractivity contribution < 1.29 is 9.84 Å². The third kappa shape index (κ3) is 3.41. The topological polar surface area (TPSA) is 44.7 Å². The lowest BCUT2D eigenvalue weighted by molar-refractivity contribution is 0.210. The molecule has 1 atom stereocenters. The van der Waals surface area contributed by atoms with Gasteiger partial charge in [-0.05, 0) is 53.1 Å². The van der Waals surface area contributed by atoms with Crippen LogP contribution in [0.5, 0.6) is 11.5 Å². The van der Waals surface area contributed by atoms with Gasteiger partial charge in [-0.1, -0.05) is 6.92 Å². The highest BCUT2D eigenvalue weighted by Gasteiger charge is 2.21. The van der Waals surface area contributed by atoms with Crippen LogP contribution in [0.25, 0.3) is 0 Å².